The summed E-state index contributed by atoms with van der Waals surface area (Å²) >= 11 is 0. The number of hydrogen-bond acceptors (Lipinski definition) is 5. The maximum atomic E-state index is 12.4. The number of amides is 2. The number of carbonyl (C=O) groups is 3. The summed E-state index contributed by atoms with van der Waals surface area (Å²) < 4.78 is 9.91. The maximum absolute atomic E-state index is 12.4. The van der Waals surface area contributed by atoms with Crippen LogP contribution in [0.25, 0.3) is 10.9 Å². The Balaban J connectivity index is 1.90. The second kappa shape index (κ2) is 6.74. The van der Waals surface area contributed by atoms with Gasteiger partial charge in [0.2, 0.25) is 5.91 Å². The molecule has 1 atom stereocenters. The highest BCUT2D eigenvalue weighted by molar-refractivity contribution is 5.97. The summed E-state index contributed by atoms with van der Waals surface area (Å²) in [4.78, 5) is 40.5. The molecule has 1 N–H and O–H groups in total. The first-order valence-electron chi connectivity index (χ1n) is 7.81. The topological polar surface area (TPSA) is 88.7 Å². The minimum Gasteiger partial charge on any atom is -0.466 e. The van der Waals surface area contributed by atoms with Crippen LogP contribution in [0.3, 0.4) is 0 Å². The Morgan fingerprint density at radius 3 is 2.88 bits per heavy atom. The van der Waals surface area contributed by atoms with Crippen molar-refractivity contribution in [2.24, 2.45) is 0 Å². The van der Waals surface area contributed by atoms with Crippen molar-refractivity contribution in [3.63, 3.8) is 0 Å². The molecule has 2 aromatic rings. The van der Waals surface area contributed by atoms with Gasteiger partial charge in [0.25, 0.3) is 0 Å². The van der Waals surface area contributed by atoms with Gasteiger partial charge >= 0.3 is 12.1 Å². The van der Waals surface area contributed by atoms with E-state index in [1.54, 1.807) is 13.1 Å². The van der Waals surface area contributed by atoms with E-state index in [2.05, 4.69) is 4.98 Å². The first kappa shape index (κ1) is 16.0. The average Bonchev–Trinajstić information content (AvgIpc) is 3.19. The van der Waals surface area contributed by atoms with Crippen LogP contribution in [0.1, 0.15) is 24.8 Å². The number of H-pyrrole nitrogens is 1. The summed E-state index contributed by atoms with van der Waals surface area (Å²) in [7, 11) is 0. The summed E-state index contributed by atoms with van der Waals surface area (Å²) in [5.74, 6) is -1.70. The van der Waals surface area contributed by atoms with Crippen molar-refractivity contribution in [1.29, 1.82) is 0 Å². The number of cyclic esters (lactones) is 1. The fourth-order valence-corrected chi connectivity index (χ4v) is 2.85. The first-order chi connectivity index (χ1) is 11.6. The highest BCUT2D eigenvalue weighted by Gasteiger charge is 2.34. The van der Waals surface area contributed by atoms with Crippen molar-refractivity contribution in [2.45, 2.75) is 19.3 Å². The van der Waals surface area contributed by atoms with Crippen LogP contribution in [0.4, 0.5) is 4.79 Å². The zero-order valence-electron chi connectivity index (χ0n) is 13.3. The number of nitrogens with zero attached hydrogens (tertiary/aromatic N) is 1. The first-order valence-corrected chi connectivity index (χ1v) is 7.81. The number of nitrogens with one attached hydrogen (secondary N) is 1. The maximum Gasteiger partial charge on any atom is 0.416 e. The second-order valence-corrected chi connectivity index (χ2v) is 5.46. The van der Waals surface area contributed by atoms with Crippen molar-refractivity contribution in [3.05, 3.63) is 36.0 Å². The Morgan fingerprint density at radius 1 is 1.38 bits per heavy atom. The fraction of sp³-hybridized carbons (Fsp3) is 0.353. The summed E-state index contributed by atoms with van der Waals surface area (Å²) in [6, 6.07) is 7.51. The van der Waals surface area contributed by atoms with E-state index in [1.165, 1.54) is 0 Å². The van der Waals surface area contributed by atoms with Crippen LogP contribution in [0.5, 0.6) is 0 Å². The third-order valence-corrected chi connectivity index (χ3v) is 4.01. The normalized spacial score (nSPS) is 15.4. The third kappa shape index (κ3) is 2.97. The number of fused-ring (bicyclic) bond motifs is 1. The smallest absolute Gasteiger partial charge is 0.416 e. The van der Waals surface area contributed by atoms with Crippen molar-refractivity contribution in [1.82, 2.24) is 9.88 Å². The summed E-state index contributed by atoms with van der Waals surface area (Å²) in [5.41, 5.74) is 1.56. The van der Waals surface area contributed by atoms with Gasteiger partial charge in [-0.15, -0.1) is 0 Å². The van der Waals surface area contributed by atoms with Crippen LogP contribution in [0.15, 0.2) is 30.5 Å². The molecule has 1 aliphatic heterocycles. The van der Waals surface area contributed by atoms with Crippen LogP contribution < -0.4 is 0 Å². The molecule has 0 bridgehead atoms. The van der Waals surface area contributed by atoms with Crippen molar-refractivity contribution in [3.8, 4) is 0 Å². The van der Waals surface area contributed by atoms with Gasteiger partial charge in [0, 0.05) is 23.5 Å². The Hall–Kier alpha value is -2.83. The number of hydrogen-bond donors (Lipinski definition) is 1. The molecule has 2 amide bonds. The van der Waals surface area contributed by atoms with Gasteiger partial charge in [-0.25, -0.2) is 9.69 Å². The van der Waals surface area contributed by atoms with Gasteiger partial charge in [-0.1, -0.05) is 18.2 Å². The molecular weight excluding hydrogens is 312 g/mol. The summed E-state index contributed by atoms with van der Waals surface area (Å²) in [6.45, 7) is 2.32. The van der Waals surface area contributed by atoms with Crippen molar-refractivity contribution in [2.75, 3.05) is 19.8 Å². The monoisotopic (exact) mass is 330 g/mol. The molecule has 0 unspecified atom stereocenters. The van der Waals surface area contributed by atoms with Gasteiger partial charge in [-0.3, -0.25) is 9.59 Å². The van der Waals surface area contributed by atoms with E-state index in [1.807, 2.05) is 24.3 Å². The zero-order valence-corrected chi connectivity index (χ0v) is 13.3. The summed E-state index contributed by atoms with van der Waals surface area (Å²) in [5, 5.41) is 0.854. The molecule has 0 aliphatic carbocycles. The third-order valence-electron chi connectivity index (χ3n) is 4.01. The number of ether oxygens (including phenoxy) is 2. The lowest BCUT2D eigenvalue weighted by Crippen LogP contribution is -2.34. The van der Waals surface area contributed by atoms with E-state index < -0.39 is 23.9 Å². The number of esters is 1. The van der Waals surface area contributed by atoms with Gasteiger partial charge in [-0.05, 0) is 18.6 Å². The van der Waals surface area contributed by atoms with E-state index in [-0.39, 0.29) is 26.2 Å². The molecule has 1 saturated heterocycles. The summed E-state index contributed by atoms with van der Waals surface area (Å²) in [6.07, 6.45) is 0.902. The van der Waals surface area contributed by atoms with Crippen LogP contribution in [-0.2, 0) is 19.1 Å². The van der Waals surface area contributed by atoms with Crippen molar-refractivity contribution < 1.29 is 23.9 Å². The Morgan fingerprint density at radius 2 is 2.17 bits per heavy atom. The largest absolute Gasteiger partial charge is 0.466 e. The number of aromatic nitrogens is 1. The SMILES string of the molecule is CCOC(=O)[C@@H](CC(=O)N1CCOC1=O)c1c[nH]c2ccccc12. The van der Waals surface area contributed by atoms with Crippen LogP contribution in [0, 0.1) is 0 Å². The molecule has 0 spiro atoms. The van der Waals surface area contributed by atoms with Crippen LogP contribution in [0.2, 0.25) is 0 Å². The predicted molar refractivity (Wildman–Crippen MR) is 85.4 cm³/mol. The number of rotatable bonds is 5. The number of para-hydroxylation sites is 1. The molecular formula is C17H18N2O5. The zero-order chi connectivity index (χ0) is 17.1. The van der Waals surface area contributed by atoms with Gasteiger partial charge < -0.3 is 14.5 Å². The minimum atomic E-state index is -0.776. The molecule has 7 nitrogen and oxygen atoms in total. The Labute approximate surface area is 138 Å². The standard InChI is InChI=1S/C17H18N2O5/c1-2-23-16(21)12(9-15(20)19-7-8-24-17(19)22)13-10-18-14-6-4-3-5-11(13)14/h3-6,10,12,18H,2,7-9H2,1H3/t12-/m0/s1. The van der Waals surface area contributed by atoms with E-state index >= 15 is 0 Å². The van der Waals surface area contributed by atoms with E-state index in [0.29, 0.717) is 5.56 Å². The molecule has 24 heavy (non-hydrogen) atoms. The average molecular weight is 330 g/mol. The number of imide groups is 1. The molecule has 0 radical (unpaired) electrons. The molecule has 2 heterocycles. The van der Waals surface area contributed by atoms with Gasteiger partial charge in [-0.2, -0.15) is 0 Å². The predicted octanol–water partition coefficient (Wildman–Crippen LogP) is 2.18. The second-order valence-electron chi connectivity index (χ2n) is 5.46. The van der Waals surface area contributed by atoms with Gasteiger partial charge in [0.15, 0.2) is 0 Å². The van der Waals surface area contributed by atoms with Crippen LogP contribution >= 0.6 is 0 Å². The lowest BCUT2D eigenvalue weighted by molar-refractivity contribution is -0.147. The van der Waals surface area contributed by atoms with Crippen molar-refractivity contribution >= 4 is 28.9 Å². The molecule has 1 aromatic carbocycles. The molecule has 1 fully saturated rings. The van der Waals surface area contributed by atoms with Gasteiger partial charge in [0.05, 0.1) is 19.1 Å². The molecule has 126 valence electrons. The van der Waals surface area contributed by atoms with E-state index in [9.17, 15) is 14.4 Å². The number of aromatic amines is 1. The fourth-order valence-electron chi connectivity index (χ4n) is 2.85. The minimum absolute atomic E-state index is 0.143. The highest BCUT2D eigenvalue weighted by atomic mass is 16.6. The molecule has 1 aromatic heterocycles. The van der Waals surface area contributed by atoms with Gasteiger partial charge in [0.1, 0.15) is 6.61 Å². The molecule has 0 saturated carbocycles. The lowest BCUT2D eigenvalue weighted by atomic mass is 9.94. The lowest BCUT2D eigenvalue weighted by Gasteiger charge is -2.17. The van der Waals surface area contributed by atoms with E-state index in [0.717, 1.165) is 15.8 Å². The Kier molecular flexibility index (Phi) is 4.50. The number of benzene rings is 1. The quantitative estimate of drug-likeness (QED) is 0.849. The molecule has 7 heteroatoms. The number of carbonyl (C=O) groups excluding carboxylic acids is 3. The highest BCUT2D eigenvalue weighted by Crippen LogP contribution is 2.30. The van der Waals surface area contributed by atoms with Crippen LogP contribution in [-0.4, -0.2) is 47.6 Å². The molecule has 3 rings (SSSR count). The molecule has 1 aliphatic rings. The Bertz CT molecular complexity index is 782. The van der Waals surface area contributed by atoms with E-state index in [4.69, 9.17) is 9.47 Å².